The second-order valence-corrected chi connectivity index (χ2v) is 5.21. The van der Waals surface area contributed by atoms with Crippen LogP contribution in [0.25, 0.3) is 0 Å². The van der Waals surface area contributed by atoms with Gasteiger partial charge in [0.1, 0.15) is 0 Å². The maximum Gasteiger partial charge on any atom is 0.224 e. The first kappa shape index (κ1) is 13.4. The van der Waals surface area contributed by atoms with Gasteiger partial charge in [0.25, 0.3) is 0 Å². The Morgan fingerprint density at radius 1 is 1.62 bits per heavy atom. The molecule has 0 saturated heterocycles. The van der Waals surface area contributed by atoms with Gasteiger partial charge in [0, 0.05) is 6.04 Å². The van der Waals surface area contributed by atoms with E-state index in [1.165, 1.54) is 6.20 Å². The molecular weight excluding hydrogens is 244 g/mol. The van der Waals surface area contributed by atoms with Crippen LogP contribution in [-0.4, -0.2) is 27.5 Å². The van der Waals surface area contributed by atoms with E-state index in [0.717, 1.165) is 17.9 Å². The third kappa shape index (κ3) is 4.45. The van der Waals surface area contributed by atoms with Crippen LogP contribution >= 0.6 is 23.4 Å². The molecule has 1 atom stereocenters. The lowest BCUT2D eigenvalue weighted by atomic mass is 10.2. The van der Waals surface area contributed by atoms with Gasteiger partial charge in [-0.1, -0.05) is 6.92 Å². The molecule has 0 fully saturated rings. The van der Waals surface area contributed by atoms with Crippen LogP contribution in [0.1, 0.15) is 20.3 Å². The lowest BCUT2D eigenvalue weighted by Crippen LogP contribution is -2.18. The zero-order valence-electron chi connectivity index (χ0n) is 9.53. The smallest absolute Gasteiger partial charge is 0.224 e. The molecule has 4 nitrogen and oxygen atoms in total. The standard InChI is InChI=1S/C10H17ClN4S/c1-3-16-5-4-7(2)14-9-8(12)6-13-10(11)15-9/h6-7H,3-5,12H2,1-2H3,(H,13,14,15). The summed E-state index contributed by atoms with van der Waals surface area (Å²) in [5.74, 6) is 2.89. The molecule has 1 heterocycles. The van der Waals surface area contributed by atoms with Crippen LogP contribution in [0.2, 0.25) is 5.28 Å². The fourth-order valence-electron chi connectivity index (χ4n) is 1.20. The number of nitrogens with zero attached hydrogens (tertiary/aromatic N) is 2. The minimum absolute atomic E-state index is 0.215. The lowest BCUT2D eigenvalue weighted by molar-refractivity contribution is 0.766. The molecule has 0 spiro atoms. The van der Waals surface area contributed by atoms with E-state index in [4.69, 9.17) is 17.3 Å². The van der Waals surface area contributed by atoms with E-state index >= 15 is 0 Å². The average Bonchev–Trinajstić information content (AvgIpc) is 2.24. The molecule has 6 heteroatoms. The molecule has 90 valence electrons. The predicted molar refractivity (Wildman–Crippen MR) is 72.2 cm³/mol. The second-order valence-electron chi connectivity index (χ2n) is 3.47. The summed E-state index contributed by atoms with van der Waals surface area (Å²) in [6.07, 6.45) is 2.59. The van der Waals surface area contributed by atoms with Crippen molar-refractivity contribution in [1.29, 1.82) is 0 Å². The molecule has 0 aliphatic rings. The highest BCUT2D eigenvalue weighted by atomic mass is 35.5. The molecule has 0 amide bonds. The summed E-state index contributed by atoms with van der Waals surface area (Å²) in [5, 5.41) is 3.45. The van der Waals surface area contributed by atoms with Gasteiger partial charge >= 0.3 is 0 Å². The number of aromatic nitrogens is 2. The summed E-state index contributed by atoms with van der Waals surface area (Å²) in [5.41, 5.74) is 6.27. The van der Waals surface area contributed by atoms with Gasteiger partial charge in [-0.2, -0.15) is 16.7 Å². The molecule has 1 aromatic rings. The molecule has 0 saturated carbocycles. The first-order valence-corrected chi connectivity index (χ1v) is 6.79. The van der Waals surface area contributed by atoms with Crippen molar-refractivity contribution in [3.8, 4) is 0 Å². The summed E-state index contributed by atoms with van der Waals surface area (Å²) < 4.78 is 0. The zero-order valence-corrected chi connectivity index (χ0v) is 11.1. The Morgan fingerprint density at radius 2 is 2.38 bits per heavy atom. The molecule has 0 aromatic carbocycles. The Bertz CT molecular complexity index is 335. The first-order valence-electron chi connectivity index (χ1n) is 5.25. The Labute approximate surface area is 105 Å². The average molecular weight is 261 g/mol. The SMILES string of the molecule is CCSCCC(C)Nc1nc(Cl)ncc1N. The number of thioether (sulfide) groups is 1. The Kier molecular flexibility index (Phi) is 5.69. The lowest BCUT2D eigenvalue weighted by Gasteiger charge is -2.15. The van der Waals surface area contributed by atoms with Crippen molar-refractivity contribution in [2.45, 2.75) is 26.3 Å². The van der Waals surface area contributed by atoms with E-state index in [2.05, 4.69) is 29.1 Å². The molecule has 1 rings (SSSR count). The fraction of sp³-hybridized carbons (Fsp3) is 0.600. The molecule has 0 aliphatic heterocycles. The largest absolute Gasteiger partial charge is 0.394 e. The summed E-state index contributed by atoms with van der Waals surface area (Å²) in [6.45, 7) is 4.26. The third-order valence-electron chi connectivity index (χ3n) is 2.07. The highest BCUT2D eigenvalue weighted by molar-refractivity contribution is 7.99. The Hall–Kier alpha value is -0.680. The van der Waals surface area contributed by atoms with Gasteiger partial charge in [0.05, 0.1) is 11.9 Å². The number of hydrogen-bond acceptors (Lipinski definition) is 5. The van der Waals surface area contributed by atoms with Crippen molar-refractivity contribution >= 4 is 34.9 Å². The normalized spacial score (nSPS) is 12.4. The molecule has 0 radical (unpaired) electrons. The highest BCUT2D eigenvalue weighted by Crippen LogP contribution is 2.18. The fourth-order valence-corrected chi connectivity index (χ4v) is 2.14. The van der Waals surface area contributed by atoms with Crippen LogP contribution in [0, 0.1) is 0 Å². The van der Waals surface area contributed by atoms with Crippen molar-refractivity contribution in [2.24, 2.45) is 0 Å². The molecule has 1 aromatic heterocycles. The van der Waals surface area contributed by atoms with E-state index in [0.29, 0.717) is 17.5 Å². The van der Waals surface area contributed by atoms with E-state index in [1.54, 1.807) is 0 Å². The van der Waals surface area contributed by atoms with Crippen LogP contribution in [-0.2, 0) is 0 Å². The van der Waals surface area contributed by atoms with Crippen LogP contribution in [0.4, 0.5) is 11.5 Å². The number of nitrogen functional groups attached to an aromatic ring is 1. The predicted octanol–water partition coefficient (Wildman–Crippen LogP) is 2.66. The molecule has 16 heavy (non-hydrogen) atoms. The van der Waals surface area contributed by atoms with Gasteiger partial charge in [0.2, 0.25) is 5.28 Å². The topological polar surface area (TPSA) is 63.8 Å². The van der Waals surface area contributed by atoms with Crippen molar-refractivity contribution in [3.05, 3.63) is 11.5 Å². The van der Waals surface area contributed by atoms with E-state index < -0.39 is 0 Å². The van der Waals surface area contributed by atoms with Crippen molar-refractivity contribution < 1.29 is 0 Å². The minimum Gasteiger partial charge on any atom is -0.394 e. The van der Waals surface area contributed by atoms with Crippen molar-refractivity contribution in [1.82, 2.24) is 9.97 Å². The molecular formula is C10H17ClN4S. The maximum absolute atomic E-state index is 5.74. The summed E-state index contributed by atoms with van der Waals surface area (Å²) in [4.78, 5) is 7.86. The number of nitrogens with one attached hydrogen (secondary N) is 1. The number of anilines is 2. The van der Waals surface area contributed by atoms with Crippen LogP contribution in [0.5, 0.6) is 0 Å². The van der Waals surface area contributed by atoms with E-state index in [-0.39, 0.29) is 5.28 Å². The number of halogens is 1. The van der Waals surface area contributed by atoms with Crippen LogP contribution < -0.4 is 11.1 Å². The summed E-state index contributed by atoms with van der Waals surface area (Å²) in [7, 11) is 0. The van der Waals surface area contributed by atoms with Gasteiger partial charge in [-0.25, -0.2) is 4.98 Å². The second kappa shape index (κ2) is 6.81. The minimum atomic E-state index is 0.215. The van der Waals surface area contributed by atoms with E-state index in [1.807, 2.05) is 11.8 Å². The van der Waals surface area contributed by atoms with Gasteiger partial charge in [-0.3, -0.25) is 0 Å². The maximum atomic E-state index is 5.74. The molecule has 0 aliphatic carbocycles. The van der Waals surface area contributed by atoms with Crippen LogP contribution in [0.3, 0.4) is 0 Å². The van der Waals surface area contributed by atoms with Crippen LogP contribution in [0.15, 0.2) is 6.20 Å². The molecule has 1 unspecified atom stereocenters. The van der Waals surface area contributed by atoms with Gasteiger partial charge < -0.3 is 11.1 Å². The quantitative estimate of drug-likeness (QED) is 0.608. The number of hydrogen-bond donors (Lipinski definition) is 2. The monoisotopic (exact) mass is 260 g/mol. The number of rotatable bonds is 6. The summed E-state index contributed by atoms with van der Waals surface area (Å²) in [6, 6.07) is 0.326. The van der Waals surface area contributed by atoms with Crippen molar-refractivity contribution in [3.63, 3.8) is 0 Å². The Balaban J connectivity index is 2.48. The summed E-state index contributed by atoms with van der Waals surface area (Å²) >= 11 is 7.63. The number of nitrogens with two attached hydrogens (primary N) is 1. The third-order valence-corrected chi connectivity index (χ3v) is 3.18. The highest BCUT2D eigenvalue weighted by Gasteiger charge is 2.07. The Morgan fingerprint density at radius 3 is 3.06 bits per heavy atom. The van der Waals surface area contributed by atoms with Gasteiger partial charge in [0.15, 0.2) is 5.82 Å². The van der Waals surface area contributed by atoms with Crippen molar-refractivity contribution in [2.75, 3.05) is 22.6 Å². The van der Waals surface area contributed by atoms with E-state index in [9.17, 15) is 0 Å². The van der Waals surface area contributed by atoms with Gasteiger partial charge in [-0.15, -0.1) is 0 Å². The molecule has 0 bridgehead atoms. The zero-order chi connectivity index (χ0) is 12.0. The van der Waals surface area contributed by atoms with Gasteiger partial charge in [-0.05, 0) is 36.5 Å². The molecule has 3 N–H and O–H groups in total. The first-order chi connectivity index (χ1) is 7.63.